The highest BCUT2D eigenvalue weighted by Crippen LogP contribution is 2.30. The molecule has 0 bridgehead atoms. The first kappa shape index (κ1) is 13.4. The van der Waals surface area contributed by atoms with Crippen molar-refractivity contribution in [1.82, 2.24) is 10.3 Å². The lowest BCUT2D eigenvalue weighted by molar-refractivity contribution is 0.0950. The normalized spacial score (nSPS) is 13.3. The van der Waals surface area contributed by atoms with Crippen LogP contribution in [0.3, 0.4) is 0 Å². The molecular weight excluding hydrogens is 268 g/mol. The molecule has 1 amide bonds. The number of nitrogens with one attached hydrogen (secondary N) is 1. The molecule has 2 aromatic rings. The summed E-state index contributed by atoms with van der Waals surface area (Å²) in [5.41, 5.74) is 1.57. The summed E-state index contributed by atoms with van der Waals surface area (Å²) in [6.45, 7) is 1.71. The van der Waals surface area contributed by atoms with E-state index in [2.05, 4.69) is 10.3 Å². The fraction of sp³-hybridized carbons (Fsp3) is 0.250. The minimum absolute atomic E-state index is 0.137. The third-order valence-electron chi connectivity index (χ3n) is 3.21. The molecule has 5 heteroatoms. The van der Waals surface area contributed by atoms with Gasteiger partial charge in [0.15, 0.2) is 11.5 Å². The number of carbonyl (C=O) groups is 1. The summed E-state index contributed by atoms with van der Waals surface area (Å²) >= 11 is 0. The van der Waals surface area contributed by atoms with Gasteiger partial charge in [0, 0.05) is 30.9 Å². The Morgan fingerprint density at radius 2 is 1.86 bits per heavy atom. The largest absolute Gasteiger partial charge is 0.490 e. The first-order valence-corrected chi connectivity index (χ1v) is 6.90. The van der Waals surface area contributed by atoms with Crippen molar-refractivity contribution in [3.63, 3.8) is 0 Å². The number of ether oxygens (including phenoxy) is 2. The van der Waals surface area contributed by atoms with Gasteiger partial charge < -0.3 is 14.8 Å². The van der Waals surface area contributed by atoms with E-state index in [-0.39, 0.29) is 5.91 Å². The van der Waals surface area contributed by atoms with Gasteiger partial charge in [-0.3, -0.25) is 9.78 Å². The van der Waals surface area contributed by atoms with E-state index >= 15 is 0 Å². The molecule has 0 fully saturated rings. The van der Waals surface area contributed by atoms with Gasteiger partial charge in [-0.2, -0.15) is 0 Å². The van der Waals surface area contributed by atoms with Crippen LogP contribution in [0.15, 0.2) is 42.7 Å². The van der Waals surface area contributed by atoms with Crippen LogP contribution < -0.4 is 14.8 Å². The van der Waals surface area contributed by atoms with Gasteiger partial charge in [0.05, 0.1) is 13.2 Å². The predicted molar refractivity (Wildman–Crippen MR) is 77.5 cm³/mol. The number of rotatable bonds is 3. The van der Waals surface area contributed by atoms with E-state index in [0.29, 0.717) is 36.8 Å². The van der Waals surface area contributed by atoms with Gasteiger partial charge in [0.25, 0.3) is 5.91 Å². The molecule has 0 spiro atoms. The Morgan fingerprint density at radius 3 is 2.67 bits per heavy atom. The van der Waals surface area contributed by atoms with Gasteiger partial charge in [-0.25, -0.2) is 0 Å². The molecule has 0 unspecified atom stereocenters. The fourth-order valence-electron chi connectivity index (χ4n) is 2.09. The zero-order chi connectivity index (χ0) is 14.5. The van der Waals surface area contributed by atoms with Crippen molar-refractivity contribution in [2.75, 3.05) is 13.2 Å². The van der Waals surface area contributed by atoms with E-state index in [9.17, 15) is 4.79 Å². The highest BCUT2D eigenvalue weighted by molar-refractivity contribution is 5.94. The number of amides is 1. The lowest BCUT2D eigenvalue weighted by atomic mass is 10.2. The molecule has 0 radical (unpaired) electrons. The summed E-state index contributed by atoms with van der Waals surface area (Å²) in [6, 6.07) is 8.99. The molecule has 2 heterocycles. The minimum atomic E-state index is -0.137. The van der Waals surface area contributed by atoms with Gasteiger partial charge in [0.2, 0.25) is 0 Å². The van der Waals surface area contributed by atoms with Crippen LogP contribution in [0.1, 0.15) is 22.3 Å². The second kappa shape index (κ2) is 6.26. The number of hydrogen-bond donors (Lipinski definition) is 1. The van der Waals surface area contributed by atoms with Crippen molar-refractivity contribution in [3.05, 3.63) is 53.9 Å². The Bertz CT molecular complexity index is 629. The molecular formula is C16H16N2O3. The van der Waals surface area contributed by atoms with E-state index in [4.69, 9.17) is 9.47 Å². The van der Waals surface area contributed by atoms with Crippen LogP contribution in [-0.4, -0.2) is 24.1 Å². The molecule has 0 aliphatic carbocycles. The van der Waals surface area contributed by atoms with Gasteiger partial charge in [0.1, 0.15) is 0 Å². The maximum Gasteiger partial charge on any atom is 0.251 e. The topological polar surface area (TPSA) is 60.5 Å². The summed E-state index contributed by atoms with van der Waals surface area (Å²) in [4.78, 5) is 16.1. The van der Waals surface area contributed by atoms with Crippen LogP contribution >= 0.6 is 0 Å². The Kier molecular flexibility index (Phi) is 4.00. The number of nitrogens with zero attached hydrogens (tertiary/aromatic N) is 1. The molecule has 21 heavy (non-hydrogen) atoms. The van der Waals surface area contributed by atoms with Crippen LogP contribution in [0, 0.1) is 0 Å². The lowest BCUT2D eigenvalue weighted by Gasteiger charge is -2.10. The Hall–Kier alpha value is -2.56. The number of fused-ring (bicyclic) bond motifs is 1. The molecule has 108 valence electrons. The zero-order valence-corrected chi connectivity index (χ0v) is 11.5. The highest BCUT2D eigenvalue weighted by atomic mass is 16.5. The lowest BCUT2D eigenvalue weighted by Crippen LogP contribution is -2.22. The zero-order valence-electron chi connectivity index (χ0n) is 11.5. The second-order valence-electron chi connectivity index (χ2n) is 4.75. The molecule has 3 rings (SSSR count). The molecule has 1 aromatic carbocycles. The number of aromatic nitrogens is 1. The van der Waals surface area contributed by atoms with E-state index < -0.39 is 0 Å². The Morgan fingerprint density at radius 1 is 1.10 bits per heavy atom. The summed E-state index contributed by atoms with van der Waals surface area (Å²) < 4.78 is 11.1. The monoisotopic (exact) mass is 284 g/mol. The van der Waals surface area contributed by atoms with Crippen molar-refractivity contribution in [2.24, 2.45) is 0 Å². The predicted octanol–water partition coefficient (Wildman–Crippen LogP) is 2.17. The molecule has 1 aromatic heterocycles. The number of hydrogen-bond acceptors (Lipinski definition) is 4. The van der Waals surface area contributed by atoms with Crippen LogP contribution in [-0.2, 0) is 6.54 Å². The van der Waals surface area contributed by atoms with Crippen LogP contribution in [0.2, 0.25) is 0 Å². The maximum atomic E-state index is 12.2. The third-order valence-corrected chi connectivity index (χ3v) is 3.21. The van der Waals surface area contributed by atoms with Crippen molar-refractivity contribution in [2.45, 2.75) is 13.0 Å². The van der Waals surface area contributed by atoms with E-state index in [0.717, 1.165) is 12.0 Å². The van der Waals surface area contributed by atoms with Gasteiger partial charge in [-0.15, -0.1) is 0 Å². The number of benzene rings is 1. The number of carbonyl (C=O) groups excluding carboxylic acids is 1. The first-order chi connectivity index (χ1) is 10.3. The van der Waals surface area contributed by atoms with Crippen LogP contribution in [0.25, 0.3) is 0 Å². The van der Waals surface area contributed by atoms with Crippen LogP contribution in [0.5, 0.6) is 11.5 Å². The number of pyridine rings is 1. The Balaban J connectivity index is 1.68. The van der Waals surface area contributed by atoms with Crippen molar-refractivity contribution in [3.8, 4) is 11.5 Å². The molecule has 5 nitrogen and oxygen atoms in total. The van der Waals surface area contributed by atoms with Gasteiger partial charge in [-0.05, 0) is 35.9 Å². The first-order valence-electron chi connectivity index (χ1n) is 6.90. The van der Waals surface area contributed by atoms with E-state index in [1.807, 2.05) is 12.1 Å². The maximum absolute atomic E-state index is 12.2. The standard InChI is InChI=1S/C16H16N2O3/c19-16(18-11-12-4-6-17-7-5-12)13-2-3-14-15(10-13)21-9-1-8-20-14/h2-7,10H,1,8-9,11H2,(H,18,19). The van der Waals surface area contributed by atoms with Crippen molar-refractivity contribution < 1.29 is 14.3 Å². The second-order valence-corrected chi connectivity index (χ2v) is 4.75. The molecule has 1 aliphatic heterocycles. The third kappa shape index (κ3) is 3.31. The van der Waals surface area contributed by atoms with Gasteiger partial charge in [-0.1, -0.05) is 0 Å². The van der Waals surface area contributed by atoms with Crippen LogP contribution in [0.4, 0.5) is 0 Å². The average Bonchev–Trinajstić information content (AvgIpc) is 2.78. The average molecular weight is 284 g/mol. The summed E-state index contributed by atoms with van der Waals surface area (Å²) in [6.07, 6.45) is 4.25. The van der Waals surface area contributed by atoms with E-state index in [1.54, 1.807) is 30.6 Å². The van der Waals surface area contributed by atoms with Crippen molar-refractivity contribution >= 4 is 5.91 Å². The van der Waals surface area contributed by atoms with E-state index in [1.165, 1.54) is 0 Å². The summed E-state index contributed by atoms with van der Waals surface area (Å²) in [7, 11) is 0. The summed E-state index contributed by atoms with van der Waals surface area (Å²) in [5, 5.41) is 2.87. The molecule has 0 atom stereocenters. The SMILES string of the molecule is O=C(NCc1ccncc1)c1ccc2c(c1)OCCCO2. The minimum Gasteiger partial charge on any atom is -0.490 e. The van der Waals surface area contributed by atoms with Gasteiger partial charge >= 0.3 is 0 Å². The quantitative estimate of drug-likeness (QED) is 0.938. The smallest absolute Gasteiger partial charge is 0.251 e. The highest BCUT2D eigenvalue weighted by Gasteiger charge is 2.13. The molecule has 1 N–H and O–H groups in total. The Labute approximate surface area is 122 Å². The molecule has 0 saturated heterocycles. The molecule has 0 saturated carbocycles. The fourth-order valence-corrected chi connectivity index (χ4v) is 2.09. The van der Waals surface area contributed by atoms with Crippen molar-refractivity contribution in [1.29, 1.82) is 0 Å². The molecule has 1 aliphatic rings. The summed E-state index contributed by atoms with van der Waals surface area (Å²) in [5.74, 6) is 1.18.